The number of piperazine rings is 1. The van der Waals surface area contributed by atoms with Gasteiger partial charge < -0.3 is 10.2 Å². The molecule has 2 saturated heterocycles. The van der Waals surface area contributed by atoms with E-state index in [4.69, 9.17) is 0 Å². The van der Waals surface area contributed by atoms with Crippen LogP contribution in [0.25, 0.3) is 0 Å². The highest BCUT2D eigenvalue weighted by Crippen LogP contribution is 2.13. The van der Waals surface area contributed by atoms with Gasteiger partial charge in [0, 0.05) is 51.5 Å². The van der Waals surface area contributed by atoms with Crippen LogP contribution in [0, 0.1) is 0 Å². The van der Waals surface area contributed by atoms with Crippen LogP contribution in [0.4, 0.5) is 0 Å². The van der Waals surface area contributed by atoms with E-state index in [1.807, 2.05) is 0 Å². The first kappa shape index (κ1) is 8.08. The zero-order valence-electron chi connectivity index (χ0n) is 7.71. The topological polar surface area (TPSA) is 18.5 Å². The summed E-state index contributed by atoms with van der Waals surface area (Å²) in [4.78, 5) is 4.78. The fourth-order valence-corrected chi connectivity index (χ4v) is 1.71. The summed E-state index contributed by atoms with van der Waals surface area (Å²) in [5, 5.41) is 3.30. The molecule has 0 aromatic rings. The lowest BCUT2D eigenvalue weighted by Gasteiger charge is -2.43. The minimum atomic E-state index is 0.774. The van der Waals surface area contributed by atoms with Crippen molar-refractivity contribution in [2.45, 2.75) is 6.04 Å². The van der Waals surface area contributed by atoms with Gasteiger partial charge in [-0.25, -0.2) is 0 Å². The number of hydrogen-bond acceptors (Lipinski definition) is 3. The molecular formula is C9H17N3. The van der Waals surface area contributed by atoms with Crippen LogP contribution in [-0.2, 0) is 0 Å². The number of likely N-dealkylation sites (N-methyl/N-ethyl adjacent to an activating group) is 1. The second-order valence-corrected chi connectivity index (χ2v) is 3.77. The van der Waals surface area contributed by atoms with Gasteiger partial charge in [-0.3, -0.25) is 4.90 Å². The monoisotopic (exact) mass is 167 g/mol. The van der Waals surface area contributed by atoms with E-state index < -0.39 is 0 Å². The highest BCUT2D eigenvalue weighted by Gasteiger charge is 2.27. The molecule has 2 aliphatic heterocycles. The minimum absolute atomic E-state index is 0.774. The summed E-state index contributed by atoms with van der Waals surface area (Å²) in [5.41, 5.74) is 1.26. The molecule has 0 aromatic heterocycles. The van der Waals surface area contributed by atoms with Crippen LogP contribution in [0.3, 0.4) is 0 Å². The molecule has 3 nitrogen and oxygen atoms in total. The number of nitrogens with one attached hydrogen (secondary N) is 1. The van der Waals surface area contributed by atoms with E-state index >= 15 is 0 Å². The van der Waals surface area contributed by atoms with E-state index in [0.29, 0.717) is 0 Å². The molecular weight excluding hydrogens is 150 g/mol. The molecule has 0 aromatic carbocycles. The molecule has 0 aliphatic carbocycles. The molecule has 68 valence electrons. The van der Waals surface area contributed by atoms with Gasteiger partial charge in [-0.05, 0) is 0 Å². The van der Waals surface area contributed by atoms with Crippen molar-refractivity contribution in [3.8, 4) is 0 Å². The van der Waals surface area contributed by atoms with Crippen LogP contribution in [0.2, 0.25) is 0 Å². The Morgan fingerprint density at radius 2 is 2.17 bits per heavy atom. The number of nitrogens with zero attached hydrogens (tertiary/aromatic N) is 2. The van der Waals surface area contributed by atoms with E-state index in [-0.39, 0.29) is 0 Å². The van der Waals surface area contributed by atoms with Gasteiger partial charge in [0.1, 0.15) is 0 Å². The molecule has 0 atom stereocenters. The van der Waals surface area contributed by atoms with Crippen molar-refractivity contribution >= 4 is 0 Å². The highest BCUT2D eigenvalue weighted by atomic mass is 15.3. The minimum Gasteiger partial charge on any atom is -0.376 e. The summed E-state index contributed by atoms with van der Waals surface area (Å²) in [5.74, 6) is 0. The molecule has 0 unspecified atom stereocenters. The molecule has 2 rings (SSSR count). The van der Waals surface area contributed by atoms with Crippen molar-refractivity contribution in [1.82, 2.24) is 15.1 Å². The third-order valence-electron chi connectivity index (χ3n) is 2.92. The van der Waals surface area contributed by atoms with Gasteiger partial charge in [0.25, 0.3) is 0 Å². The molecule has 3 heteroatoms. The maximum atomic E-state index is 4.05. The number of rotatable bonds is 1. The lowest BCUT2D eigenvalue weighted by Crippen LogP contribution is -2.60. The standard InChI is InChI=1S/C9H17N3/c1-8-7-12(4-3-11(8)2)9-5-10-6-9/h9-10H,1,3-7H2,2H3. The quantitative estimate of drug-likeness (QED) is 0.579. The van der Waals surface area contributed by atoms with E-state index in [0.717, 1.165) is 32.2 Å². The van der Waals surface area contributed by atoms with E-state index in [1.165, 1.54) is 12.2 Å². The van der Waals surface area contributed by atoms with Gasteiger partial charge in [0.05, 0.1) is 0 Å². The molecule has 2 fully saturated rings. The average Bonchev–Trinajstić information content (AvgIpc) is 1.93. The first-order valence-electron chi connectivity index (χ1n) is 4.61. The maximum Gasteiger partial charge on any atom is 0.0382 e. The largest absolute Gasteiger partial charge is 0.376 e. The molecule has 0 spiro atoms. The molecule has 0 bridgehead atoms. The summed E-state index contributed by atoms with van der Waals surface area (Å²) < 4.78 is 0. The molecule has 2 heterocycles. The summed E-state index contributed by atoms with van der Waals surface area (Å²) in [6.07, 6.45) is 0. The first-order chi connectivity index (χ1) is 5.77. The van der Waals surface area contributed by atoms with Crippen LogP contribution in [-0.4, -0.2) is 55.6 Å². The van der Waals surface area contributed by atoms with Crippen molar-refractivity contribution in [1.29, 1.82) is 0 Å². The third kappa shape index (κ3) is 1.34. The Bertz CT molecular complexity index is 186. The van der Waals surface area contributed by atoms with Crippen LogP contribution in [0.15, 0.2) is 12.3 Å². The summed E-state index contributed by atoms with van der Waals surface area (Å²) in [6, 6.07) is 0.774. The normalized spacial score (nSPS) is 27.4. The van der Waals surface area contributed by atoms with Crippen LogP contribution < -0.4 is 5.32 Å². The summed E-state index contributed by atoms with van der Waals surface area (Å²) in [7, 11) is 2.12. The average molecular weight is 167 g/mol. The molecule has 12 heavy (non-hydrogen) atoms. The smallest absolute Gasteiger partial charge is 0.0382 e. The Kier molecular flexibility index (Phi) is 2.07. The summed E-state index contributed by atoms with van der Waals surface area (Å²) in [6.45, 7) is 9.77. The molecule has 0 saturated carbocycles. The fourth-order valence-electron chi connectivity index (χ4n) is 1.71. The Morgan fingerprint density at radius 3 is 2.67 bits per heavy atom. The zero-order valence-corrected chi connectivity index (χ0v) is 7.71. The van der Waals surface area contributed by atoms with Crippen molar-refractivity contribution in [2.75, 3.05) is 39.8 Å². The Hall–Kier alpha value is -0.540. The lowest BCUT2D eigenvalue weighted by molar-refractivity contribution is 0.111. The predicted octanol–water partition coefficient (Wildman–Crippen LogP) is -0.281. The molecule has 2 aliphatic rings. The Balaban J connectivity index is 1.89. The fraction of sp³-hybridized carbons (Fsp3) is 0.778. The highest BCUT2D eigenvalue weighted by molar-refractivity contribution is 5.02. The third-order valence-corrected chi connectivity index (χ3v) is 2.92. The molecule has 0 amide bonds. The van der Waals surface area contributed by atoms with Gasteiger partial charge >= 0.3 is 0 Å². The van der Waals surface area contributed by atoms with E-state index in [2.05, 4.69) is 28.7 Å². The van der Waals surface area contributed by atoms with Crippen LogP contribution in [0.1, 0.15) is 0 Å². The second kappa shape index (κ2) is 3.07. The predicted molar refractivity (Wildman–Crippen MR) is 50.0 cm³/mol. The first-order valence-corrected chi connectivity index (χ1v) is 4.61. The molecule has 0 radical (unpaired) electrons. The molecule has 1 N–H and O–H groups in total. The Morgan fingerprint density at radius 1 is 1.42 bits per heavy atom. The van der Waals surface area contributed by atoms with Gasteiger partial charge in [0.2, 0.25) is 0 Å². The lowest BCUT2D eigenvalue weighted by atomic mass is 10.1. The SMILES string of the molecule is C=C1CN(C2CNC2)CCN1C. The number of hydrogen-bond donors (Lipinski definition) is 1. The van der Waals surface area contributed by atoms with Crippen molar-refractivity contribution < 1.29 is 0 Å². The van der Waals surface area contributed by atoms with E-state index in [1.54, 1.807) is 0 Å². The van der Waals surface area contributed by atoms with E-state index in [9.17, 15) is 0 Å². The zero-order chi connectivity index (χ0) is 8.55. The van der Waals surface area contributed by atoms with Crippen LogP contribution >= 0.6 is 0 Å². The maximum absolute atomic E-state index is 4.05. The van der Waals surface area contributed by atoms with Gasteiger partial charge in [-0.15, -0.1) is 0 Å². The van der Waals surface area contributed by atoms with Crippen molar-refractivity contribution in [3.05, 3.63) is 12.3 Å². The van der Waals surface area contributed by atoms with Gasteiger partial charge in [-0.1, -0.05) is 6.58 Å². The Labute approximate surface area is 74.0 Å². The van der Waals surface area contributed by atoms with Crippen molar-refractivity contribution in [2.24, 2.45) is 0 Å². The summed E-state index contributed by atoms with van der Waals surface area (Å²) >= 11 is 0. The second-order valence-electron chi connectivity index (χ2n) is 3.77. The van der Waals surface area contributed by atoms with Gasteiger partial charge in [-0.2, -0.15) is 0 Å². The van der Waals surface area contributed by atoms with Crippen LogP contribution in [0.5, 0.6) is 0 Å². The van der Waals surface area contributed by atoms with Crippen molar-refractivity contribution in [3.63, 3.8) is 0 Å². The van der Waals surface area contributed by atoms with Gasteiger partial charge in [0.15, 0.2) is 0 Å².